The molecule has 9 rings (SSSR count). The van der Waals surface area contributed by atoms with E-state index in [2.05, 4.69) is 183 Å². The van der Waals surface area contributed by atoms with Crippen molar-refractivity contribution in [1.82, 2.24) is 0 Å². The van der Waals surface area contributed by atoms with E-state index >= 15 is 0 Å². The van der Waals surface area contributed by atoms with E-state index in [1.807, 2.05) is 0 Å². The zero-order valence-corrected chi connectivity index (χ0v) is 36.3. The number of unbranched alkanes of at least 4 members (excludes halogenated alkanes) is 2. The van der Waals surface area contributed by atoms with E-state index in [4.69, 9.17) is 20.2 Å². The van der Waals surface area contributed by atoms with Crippen LogP contribution in [0.4, 0.5) is 22.7 Å². The number of rotatable bonds is 16. The molecule has 6 heteroatoms. The van der Waals surface area contributed by atoms with Crippen LogP contribution in [0, 0.1) is 22.3 Å². The molecule has 3 aliphatic rings. The Morgan fingerprint density at radius 1 is 0.475 bits per heavy atom. The third kappa shape index (κ3) is 7.85. The van der Waals surface area contributed by atoms with Crippen LogP contribution >= 0.6 is 0 Å². The van der Waals surface area contributed by atoms with Crippen molar-refractivity contribution in [2.45, 2.75) is 97.3 Å². The Labute approximate surface area is 361 Å². The molecule has 0 amide bonds. The van der Waals surface area contributed by atoms with E-state index < -0.39 is 0 Å². The fourth-order valence-electron chi connectivity index (χ4n) is 9.97. The van der Waals surface area contributed by atoms with Gasteiger partial charge < -0.3 is 0 Å². The Bertz CT molecular complexity index is 2570. The van der Waals surface area contributed by atoms with Gasteiger partial charge in [-0.1, -0.05) is 176 Å². The minimum absolute atomic E-state index is 0.235. The van der Waals surface area contributed by atoms with Crippen molar-refractivity contribution in [1.29, 1.82) is 0 Å². The van der Waals surface area contributed by atoms with Gasteiger partial charge in [0.15, 0.2) is 11.7 Å². The quantitative estimate of drug-likeness (QED) is 0.0979. The number of hydrogen-bond donors (Lipinski definition) is 0. The molecule has 2 atom stereocenters. The van der Waals surface area contributed by atoms with Crippen LogP contribution in [0.25, 0.3) is 0 Å². The first-order valence-electron chi connectivity index (χ1n) is 22.8. The lowest BCUT2D eigenvalue weighted by molar-refractivity contribution is 0.263. The van der Waals surface area contributed by atoms with Gasteiger partial charge in [0.2, 0.25) is 0 Å². The van der Waals surface area contributed by atoms with E-state index in [1.165, 1.54) is 60.1 Å². The Hall–Kier alpha value is -6.14. The van der Waals surface area contributed by atoms with Crippen LogP contribution in [0.5, 0.6) is 0 Å². The predicted octanol–water partition coefficient (Wildman–Crippen LogP) is 13.1. The van der Waals surface area contributed by atoms with Gasteiger partial charge in [-0.15, -0.1) is 10.2 Å². The Kier molecular flexibility index (Phi) is 11.8. The fourth-order valence-corrected chi connectivity index (χ4v) is 9.97. The van der Waals surface area contributed by atoms with Crippen molar-refractivity contribution < 1.29 is 0 Å². The maximum absolute atomic E-state index is 5.43. The summed E-state index contributed by atoms with van der Waals surface area (Å²) in [5, 5.41) is 19.2. The molecule has 2 aliphatic heterocycles. The SMILES string of the molecule is CCCCC(CC)CC1(CC(CC)CCCC)c2cc3c(cc2=c2cc4c(cc21)=NC(c1ccccc1)=NN4c1ccccc1)N(c1ccccc1)N=C(c1ccccc1)N=3. The molecule has 1 aliphatic carbocycles. The maximum atomic E-state index is 5.43. The van der Waals surface area contributed by atoms with Crippen LogP contribution in [-0.4, -0.2) is 11.7 Å². The summed E-state index contributed by atoms with van der Waals surface area (Å²) in [5.41, 5.74) is 8.58. The molecule has 0 spiro atoms. The maximum Gasteiger partial charge on any atom is 0.180 e. The van der Waals surface area contributed by atoms with Crippen molar-refractivity contribution in [3.63, 3.8) is 0 Å². The van der Waals surface area contributed by atoms with Crippen LogP contribution in [0.2, 0.25) is 0 Å². The van der Waals surface area contributed by atoms with Gasteiger partial charge in [0.05, 0.1) is 33.5 Å². The van der Waals surface area contributed by atoms with Crippen molar-refractivity contribution in [2.75, 3.05) is 10.0 Å². The third-order valence-corrected chi connectivity index (χ3v) is 13.3. The Morgan fingerprint density at radius 2 is 0.852 bits per heavy atom. The summed E-state index contributed by atoms with van der Waals surface area (Å²) in [5.74, 6) is 2.60. The number of hydrogen-bond acceptors (Lipinski definition) is 6. The topological polar surface area (TPSA) is 55.9 Å². The molecule has 0 radical (unpaired) electrons. The predicted molar refractivity (Wildman–Crippen MR) is 253 cm³/mol. The zero-order valence-electron chi connectivity index (χ0n) is 36.3. The van der Waals surface area contributed by atoms with Crippen molar-refractivity contribution >= 4 is 34.4 Å². The molecule has 308 valence electrons. The molecule has 0 N–H and O–H groups in total. The number of hydrazone groups is 2. The number of amidine groups is 2. The van der Waals surface area contributed by atoms with Crippen LogP contribution in [0.15, 0.2) is 166 Å². The zero-order chi connectivity index (χ0) is 41.8. The first kappa shape index (κ1) is 40.3. The van der Waals surface area contributed by atoms with Crippen LogP contribution in [-0.2, 0) is 5.41 Å². The van der Waals surface area contributed by atoms with E-state index in [9.17, 15) is 0 Å². The number of nitrogens with zero attached hydrogens (tertiary/aromatic N) is 6. The highest BCUT2D eigenvalue weighted by atomic mass is 15.5. The molecule has 2 heterocycles. The second kappa shape index (κ2) is 17.8. The molecule has 6 aromatic carbocycles. The number of para-hydroxylation sites is 2. The first-order chi connectivity index (χ1) is 30.0. The van der Waals surface area contributed by atoms with Gasteiger partial charge in [-0.3, -0.25) is 0 Å². The van der Waals surface area contributed by atoms with Crippen LogP contribution in [0.3, 0.4) is 0 Å². The lowest BCUT2D eigenvalue weighted by atomic mass is 9.64. The number of anilines is 4. The number of fused-ring (bicyclic) bond motifs is 4. The smallest absolute Gasteiger partial charge is 0.180 e. The molecule has 0 saturated carbocycles. The molecule has 0 saturated heterocycles. The van der Waals surface area contributed by atoms with Gasteiger partial charge >= 0.3 is 0 Å². The van der Waals surface area contributed by atoms with Crippen molar-refractivity contribution in [2.24, 2.45) is 32.0 Å². The van der Waals surface area contributed by atoms with Gasteiger partial charge in [0.1, 0.15) is 0 Å². The average molecular weight is 803 g/mol. The summed E-state index contributed by atoms with van der Waals surface area (Å²) >= 11 is 0. The molecular formula is C55H58N6. The average Bonchev–Trinajstić information content (AvgIpc) is 3.56. The molecule has 0 bridgehead atoms. The summed E-state index contributed by atoms with van der Waals surface area (Å²) in [4.78, 5) is 10.9. The van der Waals surface area contributed by atoms with Crippen molar-refractivity contribution in [3.05, 3.63) is 189 Å². The Morgan fingerprint density at radius 3 is 1.21 bits per heavy atom. The van der Waals surface area contributed by atoms with Gasteiger partial charge in [-0.05, 0) is 94.8 Å². The highest BCUT2D eigenvalue weighted by Crippen LogP contribution is 2.51. The van der Waals surface area contributed by atoms with Crippen LogP contribution in [0.1, 0.15) is 114 Å². The molecule has 61 heavy (non-hydrogen) atoms. The van der Waals surface area contributed by atoms with Gasteiger partial charge in [-0.25, -0.2) is 20.0 Å². The number of benzene rings is 6. The van der Waals surface area contributed by atoms with Crippen molar-refractivity contribution in [3.8, 4) is 0 Å². The molecular weight excluding hydrogens is 745 g/mol. The summed E-state index contributed by atoms with van der Waals surface area (Å²) in [7, 11) is 0. The van der Waals surface area contributed by atoms with Gasteiger partial charge in [-0.2, -0.15) is 0 Å². The molecule has 0 aromatic heterocycles. The third-order valence-electron chi connectivity index (χ3n) is 13.3. The van der Waals surface area contributed by atoms with Gasteiger partial charge in [0.25, 0.3) is 0 Å². The van der Waals surface area contributed by atoms with E-state index in [0.29, 0.717) is 11.8 Å². The van der Waals surface area contributed by atoms with E-state index in [-0.39, 0.29) is 5.41 Å². The standard InChI is InChI=1S/C55H58N6/c1-5-9-23-39(7-3)37-55(38-40(8-4)24-10-6-2)47-35-49-51(60(43-29-19-13-20-30-43)58-53(56-49)41-25-15-11-16-26-41)33-45(47)46-34-52-50(36-48(46)55)57-54(42-27-17-12-18-28-42)59-61(52)44-31-21-14-22-32-44/h11-22,25-36,39-40H,5-10,23-24,37-38H2,1-4H3. The molecule has 2 unspecified atom stereocenters. The van der Waals surface area contributed by atoms with Gasteiger partial charge in [0, 0.05) is 16.5 Å². The van der Waals surface area contributed by atoms with E-state index in [0.717, 1.165) is 81.9 Å². The summed E-state index contributed by atoms with van der Waals surface area (Å²) < 4.78 is 0. The summed E-state index contributed by atoms with van der Waals surface area (Å²) in [6.07, 6.45) is 11.8. The minimum Gasteiger partial charge on any atom is -0.229 e. The second-order valence-electron chi connectivity index (χ2n) is 17.2. The lowest BCUT2D eigenvalue weighted by Crippen LogP contribution is -2.35. The highest BCUT2D eigenvalue weighted by Gasteiger charge is 2.44. The molecule has 6 aromatic rings. The summed E-state index contributed by atoms with van der Waals surface area (Å²) in [6.45, 7) is 9.47. The lowest BCUT2D eigenvalue weighted by Gasteiger charge is -2.39. The normalized spacial score (nSPS) is 15.6. The van der Waals surface area contributed by atoms with Crippen LogP contribution < -0.4 is 20.7 Å². The first-order valence-corrected chi connectivity index (χ1v) is 22.8. The molecule has 6 nitrogen and oxygen atoms in total. The fraction of sp³-hybridized carbons (Fsp3) is 0.309. The largest absolute Gasteiger partial charge is 0.229 e. The Balaban J connectivity index is 1.37. The monoisotopic (exact) mass is 802 g/mol. The highest BCUT2D eigenvalue weighted by molar-refractivity contribution is 6.02. The minimum atomic E-state index is -0.235. The van der Waals surface area contributed by atoms with E-state index in [1.54, 1.807) is 0 Å². The molecule has 0 fully saturated rings. The second-order valence-corrected chi connectivity index (χ2v) is 17.2. The summed E-state index contributed by atoms with van der Waals surface area (Å²) in [6, 6.07) is 51.7.